The normalized spacial score (nSPS) is 36.2. The maximum atomic E-state index is 15.1. The number of nitrogens with one attached hydrogen (secondary N) is 2. The first kappa shape index (κ1) is 34.1. The Morgan fingerprint density at radius 3 is 1.34 bits per heavy atom. The van der Waals surface area contributed by atoms with Gasteiger partial charge in [-0.15, -0.1) is 20.4 Å². The van der Waals surface area contributed by atoms with E-state index in [1.54, 1.807) is 65.2 Å². The van der Waals surface area contributed by atoms with Crippen molar-refractivity contribution in [2.24, 2.45) is 11.8 Å². The average molecular weight is 1050 g/mol. The van der Waals surface area contributed by atoms with Crippen LogP contribution in [0.3, 0.4) is 0 Å². The number of halogens is 4. The zero-order valence-electron chi connectivity index (χ0n) is 62.4. The van der Waals surface area contributed by atoms with Crippen LogP contribution < -0.4 is 10.6 Å². The Bertz CT molecular complexity index is 3300. The van der Waals surface area contributed by atoms with E-state index in [-0.39, 0.29) is 66.2 Å². The second-order valence-corrected chi connectivity index (χ2v) is 21.1. The van der Waals surface area contributed by atoms with Gasteiger partial charge in [-0.25, -0.2) is 17.6 Å². The van der Waals surface area contributed by atoms with E-state index < -0.39 is 112 Å². The molecule has 16 heteroatoms. The maximum absolute atomic E-state index is 15.1. The Morgan fingerprint density at radius 2 is 0.973 bits per heavy atom. The Kier molecular flexibility index (Phi) is 10.7. The molecular formula is C58H82F4N10O2. The minimum Gasteiger partial charge on any atom is -0.349 e. The molecule has 2 aromatic carbocycles. The van der Waals surface area contributed by atoms with Crippen molar-refractivity contribution in [3.63, 3.8) is 0 Å². The molecule has 12 nitrogen and oxygen atoms in total. The summed E-state index contributed by atoms with van der Waals surface area (Å²) < 4.78 is 225. The number of carbonyl (C=O) groups is 2. The average Bonchev–Trinajstić information content (AvgIpc) is 0.812. The first-order valence-electron chi connectivity index (χ1n) is 36.0. The highest BCUT2D eigenvalue weighted by atomic mass is 19.3. The molecule has 6 heterocycles. The molecule has 10 rings (SSSR count). The number of aryl methyl sites for hydroxylation is 2. The molecule has 0 radical (unpaired) electrons. The van der Waals surface area contributed by atoms with Gasteiger partial charge in [0.15, 0.2) is 0 Å². The summed E-state index contributed by atoms with van der Waals surface area (Å²) in [6, 6.07) is 15.5. The summed E-state index contributed by atoms with van der Waals surface area (Å²) in [6.45, 7) is 3.80. The zero-order valence-corrected chi connectivity index (χ0v) is 42.4. The van der Waals surface area contributed by atoms with Crippen LogP contribution in [-0.4, -0.2) is 100 Å². The minimum atomic E-state index is -5.23. The smallest absolute Gasteiger partial charge is 0.248 e. The van der Waals surface area contributed by atoms with Crippen LogP contribution in [0.4, 0.5) is 17.6 Å². The number of nitrogens with zero attached hydrogens (tertiary/aromatic N) is 8. The van der Waals surface area contributed by atoms with Gasteiger partial charge in [0.05, 0.1) is 12.1 Å². The summed E-state index contributed by atoms with van der Waals surface area (Å²) in [6.07, 6.45) is -19.7. The van der Waals surface area contributed by atoms with Crippen LogP contribution in [0.15, 0.2) is 60.7 Å². The van der Waals surface area contributed by atoms with Crippen LogP contribution in [0.25, 0.3) is 0 Å². The zero-order chi connectivity index (χ0) is 69.9. The van der Waals surface area contributed by atoms with E-state index in [4.69, 9.17) is 27.4 Å². The van der Waals surface area contributed by atoms with Crippen molar-refractivity contribution in [2.45, 2.75) is 229 Å². The highest BCUT2D eigenvalue weighted by Gasteiger charge is 2.45. The monoisotopic (exact) mass is 1050 g/mol. The van der Waals surface area contributed by atoms with E-state index in [0.29, 0.717) is 68.0 Å². The Balaban J connectivity index is 0.000000222. The summed E-state index contributed by atoms with van der Waals surface area (Å²) >= 11 is 0. The fraction of sp³-hybridized carbons (Fsp3) is 0.690. The fourth-order valence-corrected chi connectivity index (χ4v) is 12.0. The predicted molar refractivity (Wildman–Crippen MR) is 279 cm³/mol. The van der Waals surface area contributed by atoms with Gasteiger partial charge in [0.2, 0.25) is 23.7 Å². The number of fused-ring (bicyclic) bond motifs is 4. The molecule has 6 aliphatic rings. The fourth-order valence-electron chi connectivity index (χ4n) is 12.0. The van der Waals surface area contributed by atoms with Crippen molar-refractivity contribution in [2.75, 3.05) is 13.1 Å². The number of aromatic nitrogens is 6. The number of rotatable bonds is 16. The lowest BCUT2D eigenvalue weighted by Gasteiger charge is -2.40. The maximum Gasteiger partial charge on any atom is 0.248 e. The Hall–Kier alpha value is -4.70. The predicted octanol–water partition coefficient (Wildman–Crippen LogP) is 11.9. The number of benzene rings is 2. The lowest BCUT2D eigenvalue weighted by molar-refractivity contribution is -0.131. The molecule has 6 atom stereocenters. The van der Waals surface area contributed by atoms with E-state index >= 15 is 8.78 Å². The number of piperidine rings is 2. The molecule has 6 unspecified atom stereocenters. The first-order valence-corrected chi connectivity index (χ1v) is 26.0. The molecule has 6 fully saturated rings. The van der Waals surface area contributed by atoms with Crippen LogP contribution in [-0.2, 0) is 9.59 Å². The Morgan fingerprint density at radius 1 is 0.595 bits per heavy atom. The second kappa shape index (κ2) is 23.3. The van der Waals surface area contributed by atoms with Gasteiger partial charge in [0.25, 0.3) is 0 Å². The molecule has 4 aliphatic heterocycles. The third-order valence-corrected chi connectivity index (χ3v) is 15.5. The van der Waals surface area contributed by atoms with Crippen molar-refractivity contribution in [3.8, 4) is 0 Å². The van der Waals surface area contributed by atoms with E-state index in [0.717, 1.165) is 25.7 Å². The van der Waals surface area contributed by atoms with Crippen molar-refractivity contribution in [1.29, 1.82) is 0 Å². The van der Waals surface area contributed by atoms with Crippen molar-refractivity contribution in [3.05, 3.63) is 95.1 Å². The van der Waals surface area contributed by atoms with Crippen LogP contribution in [0.2, 0.25) is 0 Å². The first-order chi connectivity index (χ1) is 43.1. The van der Waals surface area contributed by atoms with Gasteiger partial charge in [0, 0.05) is 126 Å². The summed E-state index contributed by atoms with van der Waals surface area (Å²) in [5, 5.41) is 21.6. The molecule has 4 bridgehead atoms. The van der Waals surface area contributed by atoms with Gasteiger partial charge in [-0.05, 0) is 115 Å². The lowest BCUT2D eigenvalue weighted by Crippen LogP contribution is -2.45. The van der Waals surface area contributed by atoms with Gasteiger partial charge in [0.1, 0.15) is 23.3 Å². The number of hydrogen-bond donors (Lipinski definition) is 2. The highest BCUT2D eigenvalue weighted by molar-refractivity contribution is 5.79. The van der Waals surface area contributed by atoms with Crippen LogP contribution >= 0.6 is 0 Å². The third-order valence-electron chi connectivity index (χ3n) is 15.5. The molecule has 2 aromatic heterocycles. The number of amides is 2. The molecule has 2 saturated carbocycles. The summed E-state index contributed by atoms with van der Waals surface area (Å²) in [5.74, 6) is -17.9. The van der Waals surface area contributed by atoms with Gasteiger partial charge in [-0.1, -0.05) is 88.4 Å². The van der Waals surface area contributed by atoms with E-state index in [1.165, 1.54) is 0 Å². The van der Waals surface area contributed by atoms with Crippen LogP contribution in [0.5, 0.6) is 0 Å². The van der Waals surface area contributed by atoms with E-state index in [9.17, 15) is 18.4 Å². The van der Waals surface area contributed by atoms with Crippen molar-refractivity contribution in [1.82, 2.24) is 50.0 Å². The molecule has 2 N–H and O–H groups in total. The summed E-state index contributed by atoms with van der Waals surface area (Å²) in [5.41, 5.74) is 1.15. The topological polar surface area (TPSA) is 126 Å². The molecule has 0 spiro atoms. The van der Waals surface area contributed by atoms with E-state index in [1.807, 2.05) is 32.3 Å². The SMILES string of the molecule is [2H]C([2H])([2H])c1nnc(C(C)C)n1C1CC2CCC(C1)N2CCC(NC(=O)C1([2H])C([2H])([2H])C([2H])([2H])C(F)(F)C([2H])([2H])C1([2H])[2H])c1ccccc1.[2H]C([2H])([2H])c1nnc(C(C)C)n1C1CC2CCC(C1)N2CCC(NC(=O)C1([2H])C([2H])([2H])CC(F)(F)CC1([2H])[2H])c1ccccc1. The highest BCUT2D eigenvalue weighted by Crippen LogP contribution is 2.45. The van der Waals surface area contributed by atoms with Gasteiger partial charge >= 0.3 is 0 Å². The molecular weight excluding hydrogens is 945 g/mol. The molecule has 74 heavy (non-hydrogen) atoms. The largest absolute Gasteiger partial charge is 0.349 e. The molecule has 4 saturated heterocycles. The molecule has 4 aromatic rings. The number of carbonyl (C=O) groups excluding carboxylic acids is 2. The molecule has 2 aliphatic carbocycles. The Labute approximate surface area is 464 Å². The van der Waals surface area contributed by atoms with Gasteiger partial charge in [-0.2, -0.15) is 0 Å². The number of alkyl halides is 4. The number of hydrogen-bond acceptors (Lipinski definition) is 8. The summed E-state index contributed by atoms with van der Waals surface area (Å²) in [7, 11) is 0. The quantitative estimate of drug-likeness (QED) is 0.106. The molecule has 2 amide bonds. The van der Waals surface area contributed by atoms with Crippen molar-refractivity contribution < 1.29 is 54.6 Å². The molecule has 404 valence electrons. The minimum absolute atomic E-state index is 0.000397. The van der Waals surface area contributed by atoms with Crippen molar-refractivity contribution >= 4 is 11.8 Å². The summed E-state index contributed by atoms with van der Waals surface area (Å²) in [4.78, 5) is 32.1. The van der Waals surface area contributed by atoms with Crippen LogP contribution in [0.1, 0.15) is 241 Å². The van der Waals surface area contributed by atoms with Gasteiger partial charge < -0.3 is 19.8 Å². The van der Waals surface area contributed by atoms with E-state index in [2.05, 4.69) is 40.8 Å². The second-order valence-electron chi connectivity index (χ2n) is 21.1. The standard InChI is InChI=1S/2C29H41F2N5O/c2*1-19(2)27-34-33-20(3)36(27)25-17-23-9-10-24(18-25)35(23)16-13-26(21-7-5-4-6-8-21)32-28(37)22-11-14-29(30,31)15-12-22/h2*4-8,19,22-26H,9-18H2,1-3H3,(H,32,37)/i3D3,11D2,12D2,14D2,15D2,22D;3D3,11D2,12D2,22D. The lowest BCUT2D eigenvalue weighted by atomic mass is 9.86. The van der Waals surface area contributed by atoms with Crippen LogP contribution in [0, 0.1) is 25.5 Å². The third kappa shape index (κ3) is 12.6. The van der Waals surface area contributed by atoms with Gasteiger partial charge in [-0.3, -0.25) is 19.4 Å².